The number of aromatic nitrogens is 3. The number of hydrogen-bond donors (Lipinski definition) is 3. The molecule has 0 fully saturated rings. The van der Waals surface area contributed by atoms with Crippen molar-refractivity contribution in [1.29, 1.82) is 0 Å². The van der Waals surface area contributed by atoms with Crippen LogP contribution in [0.2, 0.25) is 0 Å². The summed E-state index contributed by atoms with van der Waals surface area (Å²) in [5.41, 5.74) is 3.58. The molecule has 0 aliphatic rings. The number of nitrogen functional groups attached to an aromatic ring is 1. The van der Waals surface area contributed by atoms with Crippen LogP contribution in [0.3, 0.4) is 0 Å². The first-order valence-corrected chi connectivity index (χ1v) is 7.08. The van der Waals surface area contributed by atoms with Crippen LogP contribution in [0.25, 0.3) is 0 Å². The van der Waals surface area contributed by atoms with Crippen molar-refractivity contribution in [3.8, 4) is 0 Å². The van der Waals surface area contributed by atoms with E-state index in [1.165, 1.54) is 0 Å². The van der Waals surface area contributed by atoms with Crippen LogP contribution in [0.4, 0.5) is 11.6 Å². The second-order valence-electron chi connectivity index (χ2n) is 4.16. The number of nitrogens with two attached hydrogens (primary N) is 1. The van der Waals surface area contributed by atoms with Crippen molar-refractivity contribution in [2.45, 2.75) is 33.2 Å². The molecular formula is C12H18N6S. The average molecular weight is 278 g/mol. The van der Waals surface area contributed by atoms with Crippen molar-refractivity contribution >= 4 is 23.0 Å². The summed E-state index contributed by atoms with van der Waals surface area (Å²) in [5, 5.41) is 6.35. The maximum absolute atomic E-state index is 5.42. The Morgan fingerprint density at radius 3 is 2.68 bits per heavy atom. The molecule has 0 bridgehead atoms. The van der Waals surface area contributed by atoms with Gasteiger partial charge in [0.25, 0.3) is 0 Å². The van der Waals surface area contributed by atoms with Gasteiger partial charge in [-0.1, -0.05) is 6.92 Å². The molecule has 0 amide bonds. The van der Waals surface area contributed by atoms with Gasteiger partial charge in [0, 0.05) is 17.9 Å². The molecule has 0 atom stereocenters. The molecule has 0 spiro atoms. The summed E-state index contributed by atoms with van der Waals surface area (Å²) in [6, 6.07) is 1.79. The molecule has 2 aromatic rings. The van der Waals surface area contributed by atoms with E-state index in [0.717, 1.165) is 35.2 Å². The van der Waals surface area contributed by atoms with Crippen molar-refractivity contribution < 1.29 is 0 Å². The molecule has 0 saturated carbocycles. The van der Waals surface area contributed by atoms with E-state index in [4.69, 9.17) is 5.84 Å². The lowest BCUT2D eigenvalue weighted by atomic mass is 10.3. The molecule has 2 heterocycles. The van der Waals surface area contributed by atoms with Gasteiger partial charge in [-0.05, 0) is 13.3 Å². The molecule has 0 radical (unpaired) electrons. The van der Waals surface area contributed by atoms with Crippen molar-refractivity contribution in [3.05, 3.63) is 28.0 Å². The van der Waals surface area contributed by atoms with Crippen LogP contribution in [0.15, 0.2) is 11.4 Å². The molecular weight excluding hydrogens is 260 g/mol. The third kappa shape index (κ3) is 3.87. The summed E-state index contributed by atoms with van der Waals surface area (Å²) in [6.45, 7) is 4.74. The highest BCUT2D eigenvalue weighted by Crippen LogP contribution is 2.14. The SMILES string of the molecule is CCCc1nc(NN)cc(NCc2csc(C)n2)n1. The zero-order valence-electron chi connectivity index (χ0n) is 11.1. The van der Waals surface area contributed by atoms with Crippen LogP contribution in [0.1, 0.15) is 29.9 Å². The number of nitrogens with one attached hydrogen (secondary N) is 2. The molecule has 102 valence electrons. The smallest absolute Gasteiger partial charge is 0.145 e. The number of anilines is 2. The molecule has 0 aromatic carbocycles. The van der Waals surface area contributed by atoms with Gasteiger partial charge in [0.1, 0.15) is 17.5 Å². The summed E-state index contributed by atoms with van der Waals surface area (Å²) in [5.74, 6) is 7.58. The van der Waals surface area contributed by atoms with Gasteiger partial charge in [0.05, 0.1) is 17.2 Å². The number of aryl methyl sites for hydroxylation is 2. The monoisotopic (exact) mass is 278 g/mol. The molecule has 0 saturated heterocycles. The van der Waals surface area contributed by atoms with E-state index < -0.39 is 0 Å². The number of thiazole rings is 1. The quantitative estimate of drug-likeness (QED) is 0.554. The molecule has 2 rings (SSSR count). The number of hydrogen-bond acceptors (Lipinski definition) is 7. The van der Waals surface area contributed by atoms with E-state index >= 15 is 0 Å². The van der Waals surface area contributed by atoms with Gasteiger partial charge < -0.3 is 10.7 Å². The Balaban J connectivity index is 2.08. The maximum Gasteiger partial charge on any atom is 0.145 e. The minimum atomic E-state index is 0.621. The van der Waals surface area contributed by atoms with Gasteiger partial charge in [-0.25, -0.2) is 20.8 Å². The fourth-order valence-electron chi connectivity index (χ4n) is 1.67. The summed E-state index contributed by atoms with van der Waals surface area (Å²) < 4.78 is 0. The Kier molecular flexibility index (Phi) is 4.64. The Bertz CT molecular complexity index is 539. The fraction of sp³-hybridized carbons (Fsp3) is 0.417. The Labute approximate surface area is 116 Å². The normalized spacial score (nSPS) is 10.5. The molecule has 4 N–H and O–H groups in total. The van der Waals surface area contributed by atoms with Gasteiger partial charge in [-0.3, -0.25) is 0 Å². The van der Waals surface area contributed by atoms with Crippen LogP contribution in [0.5, 0.6) is 0 Å². The Morgan fingerprint density at radius 1 is 1.26 bits per heavy atom. The van der Waals surface area contributed by atoms with Gasteiger partial charge in [0.15, 0.2) is 0 Å². The largest absolute Gasteiger partial charge is 0.364 e. The highest BCUT2D eigenvalue weighted by Gasteiger charge is 2.04. The zero-order valence-corrected chi connectivity index (χ0v) is 11.9. The second-order valence-corrected chi connectivity index (χ2v) is 5.22. The topological polar surface area (TPSA) is 88.8 Å². The standard InChI is InChI=1S/C12H18N6S/c1-3-4-10-16-11(5-12(17-10)18-13)14-6-9-7-19-8(2)15-9/h5,7H,3-4,6,13H2,1-2H3,(H2,14,16,17,18). The first kappa shape index (κ1) is 13.7. The minimum absolute atomic E-state index is 0.621. The van der Waals surface area contributed by atoms with E-state index in [2.05, 4.69) is 32.6 Å². The third-order valence-electron chi connectivity index (χ3n) is 2.51. The van der Waals surface area contributed by atoms with Gasteiger partial charge >= 0.3 is 0 Å². The maximum atomic E-state index is 5.42. The van der Waals surface area contributed by atoms with E-state index in [9.17, 15) is 0 Å². The van der Waals surface area contributed by atoms with Crippen LogP contribution in [-0.4, -0.2) is 15.0 Å². The van der Waals surface area contributed by atoms with E-state index in [-0.39, 0.29) is 0 Å². The molecule has 0 aliphatic heterocycles. The second kappa shape index (κ2) is 6.44. The molecule has 2 aromatic heterocycles. The summed E-state index contributed by atoms with van der Waals surface area (Å²) in [6.07, 6.45) is 1.83. The summed E-state index contributed by atoms with van der Waals surface area (Å²) >= 11 is 1.64. The van der Waals surface area contributed by atoms with Crippen LogP contribution in [0, 0.1) is 6.92 Å². The van der Waals surface area contributed by atoms with Crippen LogP contribution >= 0.6 is 11.3 Å². The fourth-order valence-corrected chi connectivity index (χ4v) is 2.28. The van der Waals surface area contributed by atoms with Crippen molar-refractivity contribution in [2.75, 3.05) is 10.7 Å². The lowest BCUT2D eigenvalue weighted by Gasteiger charge is -2.08. The lowest BCUT2D eigenvalue weighted by molar-refractivity contribution is 0.833. The van der Waals surface area contributed by atoms with E-state index in [1.807, 2.05) is 12.3 Å². The molecule has 0 aliphatic carbocycles. The predicted molar refractivity (Wildman–Crippen MR) is 78.0 cm³/mol. The third-order valence-corrected chi connectivity index (χ3v) is 3.33. The van der Waals surface area contributed by atoms with Crippen molar-refractivity contribution in [1.82, 2.24) is 15.0 Å². The highest BCUT2D eigenvalue weighted by molar-refractivity contribution is 7.09. The highest BCUT2D eigenvalue weighted by atomic mass is 32.1. The first-order valence-electron chi connectivity index (χ1n) is 6.20. The number of nitrogens with zero attached hydrogens (tertiary/aromatic N) is 3. The van der Waals surface area contributed by atoms with E-state index in [0.29, 0.717) is 12.4 Å². The average Bonchev–Trinajstić information content (AvgIpc) is 2.82. The molecule has 7 heteroatoms. The van der Waals surface area contributed by atoms with Crippen molar-refractivity contribution in [2.24, 2.45) is 5.84 Å². The molecule has 0 unspecified atom stereocenters. The molecule has 19 heavy (non-hydrogen) atoms. The van der Waals surface area contributed by atoms with Crippen LogP contribution < -0.4 is 16.6 Å². The first-order chi connectivity index (χ1) is 9.21. The summed E-state index contributed by atoms with van der Waals surface area (Å²) in [7, 11) is 0. The summed E-state index contributed by atoms with van der Waals surface area (Å²) in [4.78, 5) is 13.2. The van der Waals surface area contributed by atoms with E-state index in [1.54, 1.807) is 17.4 Å². The van der Waals surface area contributed by atoms with Gasteiger partial charge in [0.2, 0.25) is 0 Å². The zero-order chi connectivity index (χ0) is 13.7. The van der Waals surface area contributed by atoms with Gasteiger partial charge in [-0.15, -0.1) is 11.3 Å². The number of hydrazine groups is 1. The predicted octanol–water partition coefficient (Wildman–Crippen LogP) is 2.09. The Morgan fingerprint density at radius 2 is 2.05 bits per heavy atom. The Hall–Kier alpha value is -1.73. The van der Waals surface area contributed by atoms with Crippen LogP contribution in [-0.2, 0) is 13.0 Å². The molecule has 6 nitrogen and oxygen atoms in total. The number of rotatable bonds is 6. The van der Waals surface area contributed by atoms with Gasteiger partial charge in [-0.2, -0.15) is 0 Å². The minimum Gasteiger partial charge on any atom is -0.364 e. The lowest BCUT2D eigenvalue weighted by Crippen LogP contribution is -2.12. The van der Waals surface area contributed by atoms with Crippen molar-refractivity contribution in [3.63, 3.8) is 0 Å².